The van der Waals surface area contributed by atoms with Crippen LogP contribution < -0.4 is 5.32 Å². The molecule has 154 valence electrons. The molecule has 0 saturated carbocycles. The molecule has 0 unspecified atom stereocenters. The molecular formula is C25H28N4O. The number of nitrogens with one attached hydrogen (secondary N) is 1. The van der Waals surface area contributed by atoms with Gasteiger partial charge in [0, 0.05) is 30.9 Å². The van der Waals surface area contributed by atoms with Gasteiger partial charge in [-0.2, -0.15) is 5.10 Å². The van der Waals surface area contributed by atoms with Crippen LogP contribution in [0.2, 0.25) is 0 Å². The molecule has 0 atom stereocenters. The minimum absolute atomic E-state index is 0.0956. The SMILES string of the molecule is O=C(/C=C/c1cnn(Cc2ccccc2)c1)NCc1ccccc1CN1CCCC1. The van der Waals surface area contributed by atoms with Crippen LogP contribution in [-0.2, 0) is 24.4 Å². The molecular weight excluding hydrogens is 372 g/mol. The van der Waals surface area contributed by atoms with E-state index in [0.717, 1.165) is 12.1 Å². The summed E-state index contributed by atoms with van der Waals surface area (Å²) >= 11 is 0. The third-order valence-electron chi connectivity index (χ3n) is 5.43. The van der Waals surface area contributed by atoms with Crippen molar-refractivity contribution in [2.45, 2.75) is 32.5 Å². The molecule has 1 aliphatic rings. The van der Waals surface area contributed by atoms with Gasteiger partial charge in [-0.3, -0.25) is 14.4 Å². The minimum Gasteiger partial charge on any atom is -0.348 e. The topological polar surface area (TPSA) is 50.2 Å². The zero-order chi connectivity index (χ0) is 20.6. The lowest BCUT2D eigenvalue weighted by Crippen LogP contribution is -2.23. The number of hydrogen-bond donors (Lipinski definition) is 1. The van der Waals surface area contributed by atoms with Gasteiger partial charge >= 0.3 is 0 Å². The van der Waals surface area contributed by atoms with E-state index < -0.39 is 0 Å². The molecule has 2 aromatic carbocycles. The maximum atomic E-state index is 12.3. The van der Waals surface area contributed by atoms with Crippen LogP contribution in [0.3, 0.4) is 0 Å². The highest BCUT2D eigenvalue weighted by Gasteiger charge is 2.13. The highest BCUT2D eigenvalue weighted by atomic mass is 16.1. The molecule has 1 aliphatic heterocycles. The second-order valence-electron chi connectivity index (χ2n) is 7.76. The van der Waals surface area contributed by atoms with E-state index in [4.69, 9.17) is 0 Å². The summed E-state index contributed by atoms with van der Waals surface area (Å²) in [7, 11) is 0. The van der Waals surface area contributed by atoms with Crippen LogP contribution in [0.4, 0.5) is 0 Å². The third kappa shape index (κ3) is 5.67. The Morgan fingerprint density at radius 2 is 1.70 bits per heavy atom. The minimum atomic E-state index is -0.0956. The Balaban J connectivity index is 1.29. The standard InChI is InChI=1S/C25H28N4O/c30-25(13-12-22-16-27-29(19-22)18-21-8-2-1-3-9-21)26-17-23-10-4-5-11-24(23)20-28-14-6-7-15-28/h1-5,8-13,16,19H,6-7,14-15,17-18,20H2,(H,26,30)/b13-12+. The zero-order valence-corrected chi connectivity index (χ0v) is 17.2. The first-order valence-corrected chi connectivity index (χ1v) is 10.6. The molecule has 1 amide bonds. The van der Waals surface area contributed by atoms with Crippen LogP contribution in [0, 0.1) is 0 Å². The van der Waals surface area contributed by atoms with E-state index in [0.29, 0.717) is 13.1 Å². The maximum absolute atomic E-state index is 12.3. The summed E-state index contributed by atoms with van der Waals surface area (Å²) in [5, 5.41) is 7.38. The Bertz CT molecular complexity index is 987. The van der Waals surface area contributed by atoms with Crippen LogP contribution in [0.15, 0.2) is 73.1 Å². The van der Waals surface area contributed by atoms with E-state index in [-0.39, 0.29) is 5.91 Å². The lowest BCUT2D eigenvalue weighted by molar-refractivity contribution is -0.116. The number of likely N-dealkylation sites (tertiary alicyclic amines) is 1. The van der Waals surface area contributed by atoms with Gasteiger partial charge < -0.3 is 5.32 Å². The Labute approximate surface area is 178 Å². The second kappa shape index (κ2) is 10.0. The average Bonchev–Trinajstić information content (AvgIpc) is 3.44. The monoisotopic (exact) mass is 400 g/mol. The first-order valence-electron chi connectivity index (χ1n) is 10.6. The molecule has 1 aromatic heterocycles. The van der Waals surface area contributed by atoms with Crippen LogP contribution in [0.5, 0.6) is 0 Å². The highest BCUT2D eigenvalue weighted by molar-refractivity contribution is 5.91. The summed E-state index contributed by atoms with van der Waals surface area (Å²) in [4.78, 5) is 14.8. The molecule has 0 spiro atoms. The van der Waals surface area contributed by atoms with Crippen LogP contribution in [0.1, 0.15) is 35.1 Å². The number of rotatable bonds is 8. The molecule has 4 rings (SSSR count). The molecule has 0 radical (unpaired) electrons. The van der Waals surface area contributed by atoms with E-state index >= 15 is 0 Å². The normalized spacial score (nSPS) is 14.4. The van der Waals surface area contributed by atoms with Crippen molar-refractivity contribution < 1.29 is 4.79 Å². The van der Waals surface area contributed by atoms with Crippen molar-refractivity contribution in [1.29, 1.82) is 0 Å². The maximum Gasteiger partial charge on any atom is 0.244 e. The molecule has 30 heavy (non-hydrogen) atoms. The average molecular weight is 401 g/mol. The van der Waals surface area contributed by atoms with Crippen molar-refractivity contribution in [3.8, 4) is 0 Å². The van der Waals surface area contributed by atoms with Gasteiger partial charge in [0.1, 0.15) is 0 Å². The summed E-state index contributed by atoms with van der Waals surface area (Å²) in [6.07, 6.45) is 9.67. The fraction of sp³-hybridized carbons (Fsp3) is 0.280. The lowest BCUT2D eigenvalue weighted by atomic mass is 10.1. The van der Waals surface area contributed by atoms with Gasteiger partial charge in [0.25, 0.3) is 0 Å². The van der Waals surface area contributed by atoms with Gasteiger partial charge in [-0.05, 0) is 48.7 Å². The van der Waals surface area contributed by atoms with E-state index in [9.17, 15) is 4.79 Å². The first kappa shape index (κ1) is 20.1. The Hall–Kier alpha value is -3.18. The summed E-state index contributed by atoms with van der Waals surface area (Å²) in [6, 6.07) is 18.6. The molecule has 0 aliphatic carbocycles. The Morgan fingerprint density at radius 1 is 0.967 bits per heavy atom. The van der Waals surface area contributed by atoms with Gasteiger partial charge in [-0.25, -0.2) is 0 Å². The summed E-state index contributed by atoms with van der Waals surface area (Å²) in [5.74, 6) is -0.0956. The molecule has 1 saturated heterocycles. The number of amides is 1. The number of carbonyl (C=O) groups excluding carboxylic acids is 1. The number of carbonyl (C=O) groups is 1. The molecule has 1 N–H and O–H groups in total. The summed E-state index contributed by atoms with van der Waals surface area (Å²) in [5.41, 5.74) is 4.59. The molecule has 3 aromatic rings. The van der Waals surface area contributed by atoms with Crippen molar-refractivity contribution in [2.75, 3.05) is 13.1 Å². The molecule has 5 heteroatoms. The number of benzene rings is 2. The van der Waals surface area contributed by atoms with E-state index in [1.54, 1.807) is 18.3 Å². The van der Waals surface area contributed by atoms with Crippen molar-refractivity contribution in [1.82, 2.24) is 20.0 Å². The third-order valence-corrected chi connectivity index (χ3v) is 5.43. The Morgan fingerprint density at radius 3 is 2.50 bits per heavy atom. The van der Waals surface area contributed by atoms with Gasteiger partial charge in [-0.1, -0.05) is 54.6 Å². The fourth-order valence-corrected chi connectivity index (χ4v) is 3.80. The van der Waals surface area contributed by atoms with Crippen molar-refractivity contribution in [3.63, 3.8) is 0 Å². The van der Waals surface area contributed by atoms with Gasteiger partial charge in [0.05, 0.1) is 12.7 Å². The number of nitrogens with zero attached hydrogens (tertiary/aromatic N) is 3. The second-order valence-corrected chi connectivity index (χ2v) is 7.76. The quantitative estimate of drug-likeness (QED) is 0.584. The van der Waals surface area contributed by atoms with Gasteiger partial charge in [0.2, 0.25) is 5.91 Å². The predicted octanol–water partition coefficient (Wildman–Crippen LogP) is 3.86. The largest absolute Gasteiger partial charge is 0.348 e. The highest BCUT2D eigenvalue weighted by Crippen LogP contribution is 2.16. The van der Waals surface area contributed by atoms with Crippen LogP contribution >= 0.6 is 0 Å². The lowest BCUT2D eigenvalue weighted by Gasteiger charge is -2.17. The first-order chi connectivity index (χ1) is 14.8. The molecule has 1 fully saturated rings. The van der Waals surface area contributed by atoms with E-state index in [1.165, 1.54) is 42.6 Å². The van der Waals surface area contributed by atoms with Crippen molar-refractivity contribution in [2.24, 2.45) is 0 Å². The Kier molecular flexibility index (Phi) is 6.72. The molecule has 0 bridgehead atoms. The smallest absolute Gasteiger partial charge is 0.244 e. The zero-order valence-electron chi connectivity index (χ0n) is 17.2. The van der Waals surface area contributed by atoms with Gasteiger partial charge in [0.15, 0.2) is 0 Å². The number of aromatic nitrogens is 2. The van der Waals surface area contributed by atoms with Crippen LogP contribution in [-0.4, -0.2) is 33.7 Å². The predicted molar refractivity (Wildman–Crippen MR) is 120 cm³/mol. The number of hydrogen-bond acceptors (Lipinski definition) is 3. The van der Waals surface area contributed by atoms with Crippen molar-refractivity contribution >= 4 is 12.0 Å². The van der Waals surface area contributed by atoms with E-state index in [1.807, 2.05) is 35.1 Å². The van der Waals surface area contributed by atoms with Crippen molar-refractivity contribution in [3.05, 3.63) is 95.3 Å². The molecule has 5 nitrogen and oxygen atoms in total. The van der Waals surface area contributed by atoms with E-state index in [2.05, 4.69) is 45.6 Å². The summed E-state index contributed by atoms with van der Waals surface area (Å²) < 4.78 is 1.88. The summed E-state index contributed by atoms with van der Waals surface area (Å²) in [6.45, 7) is 4.56. The fourth-order valence-electron chi connectivity index (χ4n) is 3.80. The van der Waals surface area contributed by atoms with Crippen LogP contribution in [0.25, 0.3) is 6.08 Å². The van der Waals surface area contributed by atoms with Gasteiger partial charge in [-0.15, -0.1) is 0 Å². The molecule has 2 heterocycles.